The topological polar surface area (TPSA) is 40.5 Å². The zero-order chi connectivity index (χ0) is 15.4. The monoisotopic (exact) mass is 295 g/mol. The van der Waals surface area contributed by atoms with E-state index >= 15 is 0 Å². The van der Waals surface area contributed by atoms with Crippen LogP contribution in [-0.2, 0) is 11.2 Å². The molecule has 2 atom stereocenters. The molecule has 1 aliphatic heterocycles. The van der Waals surface area contributed by atoms with Crippen LogP contribution in [0.4, 0.5) is 0 Å². The van der Waals surface area contributed by atoms with Crippen LogP contribution in [0, 0.1) is 5.92 Å². The third-order valence-electron chi connectivity index (χ3n) is 4.41. The van der Waals surface area contributed by atoms with Crippen LogP contribution in [0.1, 0.15) is 23.6 Å². The molecule has 0 saturated carbocycles. The van der Waals surface area contributed by atoms with Crippen molar-refractivity contribution in [2.75, 3.05) is 13.2 Å². The Morgan fingerprint density at radius 3 is 2.32 bits per heavy atom. The molecule has 2 aromatic carbocycles. The predicted molar refractivity (Wildman–Crippen MR) is 86.2 cm³/mol. The number of carbonyl (C=O) groups is 1. The molecule has 1 amide bonds. The zero-order valence-electron chi connectivity index (χ0n) is 12.6. The van der Waals surface area contributed by atoms with E-state index in [2.05, 4.69) is 12.1 Å². The van der Waals surface area contributed by atoms with Gasteiger partial charge in [0.05, 0.1) is 12.6 Å². The third kappa shape index (κ3) is 3.04. The van der Waals surface area contributed by atoms with Gasteiger partial charge >= 0.3 is 0 Å². The minimum absolute atomic E-state index is 0.0279. The first kappa shape index (κ1) is 14.8. The molecule has 1 saturated heterocycles. The first-order chi connectivity index (χ1) is 10.8. The highest BCUT2D eigenvalue weighted by molar-refractivity contribution is 5.81. The van der Waals surface area contributed by atoms with Crippen LogP contribution in [0.3, 0.4) is 0 Å². The fourth-order valence-electron chi connectivity index (χ4n) is 3.22. The van der Waals surface area contributed by atoms with Gasteiger partial charge in [-0.2, -0.15) is 0 Å². The van der Waals surface area contributed by atoms with Gasteiger partial charge in [-0.1, -0.05) is 60.7 Å². The second kappa shape index (κ2) is 6.75. The summed E-state index contributed by atoms with van der Waals surface area (Å²) in [6, 6.07) is 19.7. The number of rotatable bonds is 5. The summed E-state index contributed by atoms with van der Waals surface area (Å²) in [4.78, 5) is 14.5. The van der Waals surface area contributed by atoms with Crippen molar-refractivity contribution in [3.05, 3.63) is 71.8 Å². The number of aliphatic hydroxyl groups is 1. The van der Waals surface area contributed by atoms with Crippen molar-refractivity contribution in [3.63, 3.8) is 0 Å². The molecule has 1 N–H and O–H groups in total. The number of nitrogens with zero attached hydrogens (tertiary/aromatic N) is 1. The normalized spacial score (nSPS) is 19.4. The maximum absolute atomic E-state index is 12.7. The maximum atomic E-state index is 12.7. The smallest absolute Gasteiger partial charge is 0.226 e. The summed E-state index contributed by atoms with van der Waals surface area (Å²) in [5.74, 6) is 0.187. The van der Waals surface area contributed by atoms with Gasteiger partial charge < -0.3 is 10.0 Å². The summed E-state index contributed by atoms with van der Waals surface area (Å²) in [5, 5.41) is 9.74. The highest BCUT2D eigenvalue weighted by atomic mass is 16.3. The molecule has 3 nitrogen and oxygen atoms in total. The minimum atomic E-state index is -0.227. The number of amides is 1. The van der Waals surface area contributed by atoms with Crippen molar-refractivity contribution < 1.29 is 9.90 Å². The second-order valence-corrected chi connectivity index (χ2v) is 5.82. The molecule has 3 heteroatoms. The molecule has 0 aromatic heterocycles. The molecule has 0 bridgehead atoms. The number of hydrogen-bond donors (Lipinski definition) is 1. The lowest BCUT2D eigenvalue weighted by Gasteiger charge is -2.27. The summed E-state index contributed by atoms with van der Waals surface area (Å²) in [6.07, 6.45) is 1.64. The molecule has 1 aliphatic rings. The summed E-state index contributed by atoms with van der Waals surface area (Å²) in [7, 11) is 0. The summed E-state index contributed by atoms with van der Waals surface area (Å²) in [5.41, 5.74) is 2.20. The lowest BCUT2D eigenvalue weighted by Crippen LogP contribution is -2.34. The van der Waals surface area contributed by atoms with Crippen molar-refractivity contribution in [2.24, 2.45) is 5.92 Å². The van der Waals surface area contributed by atoms with Crippen LogP contribution in [0.25, 0.3) is 0 Å². The SMILES string of the molecule is O=C1C(Cc2ccccc2)CCN1[C@@H](CO)c1ccccc1. The van der Waals surface area contributed by atoms with E-state index in [-0.39, 0.29) is 24.5 Å². The van der Waals surface area contributed by atoms with E-state index < -0.39 is 0 Å². The van der Waals surface area contributed by atoms with Crippen molar-refractivity contribution in [1.29, 1.82) is 0 Å². The first-order valence-electron chi connectivity index (χ1n) is 7.80. The van der Waals surface area contributed by atoms with E-state index in [9.17, 15) is 9.90 Å². The Balaban J connectivity index is 1.72. The Hall–Kier alpha value is -2.13. The van der Waals surface area contributed by atoms with E-state index in [1.54, 1.807) is 0 Å². The molecule has 22 heavy (non-hydrogen) atoms. The Labute approximate surface area is 131 Å². The Morgan fingerprint density at radius 2 is 1.68 bits per heavy atom. The number of aliphatic hydroxyl groups excluding tert-OH is 1. The standard InChI is InChI=1S/C19H21NO2/c21-14-18(16-9-5-2-6-10-16)20-12-11-17(19(20)22)13-15-7-3-1-4-8-15/h1-10,17-18,21H,11-14H2/t17?,18-/m0/s1. The van der Waals surface area contributed by atoms with E-state index in [0.717, 1.165) is 24.9 Å². The van der Waals surface area contributed by atoms with Crippen molar-refractivity contribution in [1.82, 2.24) is 4.90 Å². The van der Waals surface area contributed by atoms with Crippen LogP contribution >= 0.6 is 0 Å². The van der Waals surface area contributed by atoms with Crippen molar-refractivity contribution in [2.45, 2.75) is 18.9 Å². The Morgan fingerprint density at radius 1 is 1.05 bits per heavy atom. The van der Waals surface area contributed by atoms with Gasteiger partial charge in [-0.15, -0.1) is 0 Å². The lowest BCUT2D eigenvalue weighted by atomic mass is 9.98. The van der Waals surface area contributed by atoms with E-state index in [1.165, 1.54) is 5.56 Å². The molecular formula is C19H21NO2. The van der Waals surface area contributed by atoms with Crippen LogP contribution in [0.2, 0.25) is 0 Å². The van der Waals surface area contributed by atoms with Gasteiger partial charge in [0.2, 0.25) is 5.91 Å². The highest BCUT2D eigenvalue weighted by Crippen LogP contribution is 2.30. The third-order valence-corrected chi connectivity index (χ3v) is 4.41. The van der Waals surface area contributed by atoms with E-state index in [0.29, 0.717) is 0 Å². The van der Waals surface area contributed by atoms with Crippen molar-refractivity contribution in [3.8, 4) is 0 Å². The van der Waals surface area contributed by atoms with Crippen LogP contribution < -0.4 is 0 Å². The average Bonchev–Trinajstić information content (AvgIpc) is 2.92. The quantitative estimate of drug-likeness (QED) is 0.921. The molecular weight excluding hydrogens is 274 g/mol. The lowest BCUT2D eigenvalue weighted by molar-refractivity contribution is -0.133. The van der Waals surface area contributed by atoms with Gasteiger partial charge in [0, 0.05) is 12.5 Å². The van der Waals surface area contributed by atoms with Gasteiger partial charge in [-0.3, -0.25) is 4.79 Å². The maximum Gasteiger partial charge on any atom is 0.226 e. The van der Waals surface area contributed by atoms with Gasteiger partial charge in [0.25, 0.3) is 0 Å². The fraction of sp³-hybridized carbons (Fsp3) is 0.316. The van der Waals surface area contributed by atoms with E-state index in [1.807, 2.05) is 53.4 Å². The molecule has 1 heterocycles. The molecule has 0 radical (unpaired) electrons. The fourth-order valence-corrected chi connectivity index (χ4v) is 3.22. The first-order valence-corrected chi connectivity index (χ1v) is 7.80. The number of likely N-dealkylation sites (tertiary alicyclic amines) is 1. The summed E-state index contributed by atoms with van der Waals surface area (Å²) in [6.45, 7) is 0.685. The molecule has 2 aromatic rings. The number of hydrogen-bond acceptors (Lipinski definition) is 2. The highest BCUT2D eigenvalue weighted by Gasteiger charge is 2.36. The molecule has 114 valence electrons. The van der Waals surface area contributed by atoms with Crippen LogP contribution in [0.5, 0.6) is 0 Å². The molecule has 3 rings (SSSR count). The Bertz CT molecular complexity index is 612. The van der Waals surface area contributed by atoms with Crippen LogP contribution in [-0.4, -0.2) is 29.1 Å². The van der Waals surface area contributed by atoms with Gasteiger partial charge in [0.15, 0.2) is 0 Å². The summed E-state index contributed by atoms with van der Waals surface area (Å²) < 4.78 is 0. The largest absolute Gasteiger partial charge is 0.394 e. The van der Waals surface area contributed by atoms with Gasteiger partial charge in [-0.05, 0) is 24.0 Å². The number of benzene rings is 2. The van der Waals surface area contributed by atoms with Gasteiger partial charge in [-0.25, -0.2) is 0 Å². The van der Waals surface area contributed by atoms with E-state index in [4.69, 9.17) is 0 Å². The van der Waals surface area contributed by atoms with Crippen molar-refractivity contribution >= 4 is 5.91 Å². The molecule has 0 aliphatic carbocycles. The predicted octanol–water partition coefficient (Wildman–Crippen LogP) is 2.81. The summed E-state index contributed by atoms with van der Waals surface area (Å²) >= 11 is 0. The average molecular weight is 295 g/mol. The van der Waals surface area contributed by atoms with Gasteiger partial charge in [0.1, 0.15) is 0 Å². The van der Waals surface area contributed by atoms with Crippen LogP contribution in [0.15, 0.2) is 60.7 Å². The zero-order valence-corrected chi connectivity index (χ0v) is 12.6. The Kier molecular flexibility index (Phi) is 4.54. The number of carbonyl (C=O) groups excluding carboxylic acids is 1. The molecule has 1 fully saturated rings. The minimum Gasteiger partial charge on any atom is -0.394 e. The molecule has 1 unspecified atom stereocenters. The second-order valence-electron chi connectivity index (χ2n) is 5.82. The molecule has 0 spiro atoms.